The second-order valence-electron chi connectivity index (χ2n) is 12.9. The van der Waals surface area contributed by atoms with E-state index < -0.39 is 0 Å². The van der Waals surface area contributed by atoms with E-state index in [9.17, 15) is 0 Å². The van der Waals surface area contributed by atoms with Crippen LogP contribution in [-0.2, 0) is 38.9 Å². The van der Waals surface area contributed by atoms with E-state index in [1.54, 1.807) is 0 Å². The zero-order chi connectivity index (χ0) is 32.4. The standard InChI is InChI=1S/C42H48N4.2BrH/c1-8-34-37(23-43-42-22-28(4)19-31(7)44-42)35(9-2)39(27-46-25-30(6)21-33-16-12-14-18-41(33)46)36(10-3)38(34)26-45-24-29(5)20-32-15-11-13-17-40(32)45;;/h11-22,24-25H,8-10,23,26-27H2,1-7H3,(H,43,44);2*1H/q+2;;/p-2. The quantitative estimate of drug-likeness (QED) is 0.218. The van der Waals surface area contributed by atoms with Crippen molar-refractivity contribution in [3.8, 4) is 0 Å². The molecule has 6 heteroatoms. The minimum absolute atomic E-state index is 0. The highest BCUT2D eigenvalue weighted by molar-refractivity contribution is 5.76. The van der Waals surface area contributed by atoms with Gasteiger partial charge in [0.15, 0.2) is 25.5 Å². The van der Waals surface area contributed by atoms with Crippen LogP contribution in [-0.4, -0.2) is 4.98 Å². The summed E-state index contributed by atoms with van der Waals surface area (Å²) in [5, 5.41) is 6.34. The number of para-hydroxylation sites is 2. The Balaban J connectivity index is 0.00000260. The Morgan fingerprint density at radius 2 is 1.00 bits per heavy atom. The molecular weight excluding hydrogens is 720 g/mol. The van der Waals surface area contributed by atoms with Crippen LogP contribution in [0, 0.1) is 27.7 Å². The topological polar surface area (TPSA) is 32.7 Å². The first-order valence-corrected chi connectivity index (χ1v) is 16.9. The smallest absolute Gasteiger partial charge is 0.212 e. The number of fused-ring (bicyclic) bond motifs is 2. The summed E-state index contributed by atoms with van der Waals surface area (Å²) in [6, 6.07) is 26.5. The van der Waals surface area contributed by atoms with E-state index in [0.717, 1.165) is 50.4 Å². The molecule has 0 aliphatic rings. The SMILES string of the molecule is CCc1c(CNc2cc(C)cc(C)n2)c(CC)c(C[n+]2cc(C)cc3ccccc32)c(CC)c1C[n+]1cc(C)cc2ccccc21.[Br-].[Br-]. The van der Waals surface area contributed by atoms with E-state index in [1.807, 2.05) is 0 Å². The molecule has 6 rings (SSSR count). The molecule has 0 saturated heterocycles. The van der Waals surface area contributed by atoms with Crippen molar-refractivity contribution >= 4 is 27.6 Å². The van der Waals surface area contributed by atoms with Gasteiger partial charge in [-0.15, -0.1) is 0 Å². The zero-order valence-corrected chi connectivity index (χ0v) is 32.6. The Hall–Kier alpha value is -3.61. The van der Waals surface area contributed by atoms with E-state index >= 15 is 0 Å². The molecule has 48 heavy (non-hydrogen) atoms. The molecular formula is C42H48Br2N4. The third kappa shape index (κ3) is 7.66. The van der Waals surface area contributed by atoms with Gasteiger partial charge in [-0.1, -0.05) is 45.0 Å². The predicted octanol–water partition coefficient (Wildman–Crippen LogP) is 2.60. The Morgan fingerprint density at radius 1 is 0.542 bits per heavy atom. The lowest BCUT2D eigenvalue weighted by atomic mass is 9.83. The first kappa shape index (κ1) is 37.2. The van der Waals surface area contributed by atoms with E-state index in [-0.39, 0.29) is 34.0 Å². The highest BCUT2D eigenvalue weighted by atomic mass is 79.9. The van der Waals surface area contributed by atoms with Crippen molar-refractivity contribution < 1.29 is 43.1 Å². The maximum Gasteiger partial charge on any atom is 0.212 e. The van der Waals surface area contributed by atoms with Gasteiger partial charge in [0, 0.05) is 57.4 Å². The number of benzene rings is 3. The molecule has 0 aliphatic carbocycles. The lowest BCUT2D eigenvalue weighted by Gasteiger charge is -2.25. The van der Waals surface area contributed by atoms with Crippen LogP contribution in [0.1, 0.15) is 76.5 Å². The number of rotatable bonds is 10. The second kappa shape index (κ2) is 16.2. The fourth-order valence-electron chi connectivity index (χ4n) is 7.62. The molecule has 6 aromatic rings. The van der Waals surface area contributed by atoms with Gasteiger partial charge in [0.1, 0.15) is 5.82 Å². The summed E-state index contributed by atoms with van der Waals surface area (Å²) in [7, 11) is 0. The number of nitrogens with one attached hydrogen (secondary N) is 1. The van der Waals surface area contributed by atoms with Crippen molar-refractivity contribution in [2.45, 2.75) is 87.4 Å². The van der Waals surface area contributed by atoms with Crippen molar-refractivity contribution in [3.63, 3.8) is 0 Å². The fraction of sp³-hybridized carbons (Fsp3) is 0.310. The van der Waals surface area contributed by atoms with Crippen molar-refractivity contribution in [2.75, 3.05) is 5.32 Å². The Labute approximate surface area is 307 Å². The number of halogens is 2. The maximum atomic E-state index is 4.84. The van der Waals surface area contributed by atoms with Crippen LogP contribution in [0.2, 0.25) is 0 Å². The molecule has 0 fully saturated rings. The number of anilines is 1. The fourth-order valence-corrected chi connectivity index (χ4v) is 7.62. The van der Waals surface area contributed by atoms with Crippen molar-refractivity contribution in [2.24, 2.45) is 0 Å². The summed E-state index contributed by atoms with van der Waals surface area (Å²) in [6.45, 7) is 18.1. The van der Waals surface area contributed by atoms with Gasteiger partial charge >= 0.3 is 0 Å². The molecule has 0 amide bonds. The second-order valence-corrected chi connectivity index (χ2v) is 12.9. The summed E-state index contributed by atoms with van der Waals surface area (Å²) in [5.41, 5.74) is 16.2. The highest BCUT2D eigenvalue weighted by Crippen LogP contribution is 2.32. The molecule has 3 aromatic heterocycles. The molecule has 0 unspecified atom stereocenters. The van der Waals surface area contributed by atoms with Crippen molar-refractivity contribution in [1.82, 2.24) is 4.98 Å². The summed E-state index contributed by atoms with van der Waals surface area (Å²) in [5.74, 6) is 0.947. The molecule has 4 nitrogen and oxygen atoms in total. The number of aryl methyl sites for hydroxylation is 4. The molecule has 0 radical (unpaired) electrons. The molecule has 0 spiro atoms. The minimum atomic E-state index is 0. The van der Waals surface area contributed by atoms with Gasteiger partial charge in [-0.3, -0.25) is 0 Å². The monoisotopic (exact) mass is 766 g/mol. The molecule has 250 valence electrons. The third-order valence-electron chi connectivity index (χ3n) is 9.42. The van der Waals surface area contributed by atoms with E-state index in [1.165, 1.54) is 71.9 Å². The average molecular weight is 769 g/mol. The van der Waals surface area contributed by atoms with E-state index in [4.69, 9.17) is 4.98 Å². The van der Waals surface area contributed by atoms with Gasteiger partial charge in [0.25, 0.3) is 0 Å². The summed E-state index contributed by atoms with van der Waals surface area (Å²) < 4.78 is 4.96. The van der Waals surface area contributed by atoms with Crippen LogP contribution in [0.4, 0.5) is 5.82 Å². The number of hydrogen-bond acceptors (Lipinski definition) is 2. The van der Waals surface area contributed by atoms with Gasteiger partial charge in [-0.25, -0.2) is 4.98 Å². The maximum absolute atomic E-state index is 4.84. The predicted molar refractivity (Wildman–Crippen MR) is 192 cm³/mol. The van der Waals surface area contributed by atoms with Crippen LogP contribution >= 0.6 is 0 Å². The number of hydrogen-bond donors (Lipinski definition) is 1. The van der Waals surface area contributed by atoms with Gasteiger partial charge in [-0.2, -0.15) is 9.13 Å². The first-order chi connectivity index (χ1) is 22.3. The third-order valence-corrected chi connectivity index (χ3v) is 9.42. The van der Waals surface area contributed by atoms with Crippen LogP contribution in [0.5, 0.6) is 0 Å². The van der Waals surface area contributed by atoms with Gasteiger partial charge in [0.2, 0.25) is 11.0 Å². The van der Waals surface area contributed by atoms with E-state index in [0.29, 0.717) is 0 Å². The molecule has 0 bridgehead atoms. The largest absolute Gasteiger partial charge is 1.00 e. The van der Waals surface area contributed by atoms with Gasteiger partial charge in [-0.05, 0) is 111 Å². The summed E-state index contributed by atoms with van der Waals surface area (Å²) >= 11 is 0. The lowest BCUT2D eigenvalue weighted by Crippen LogP contribution is -3.00. The number of pyridine rings is 3. The first-order valence-electron chi connectivity index (χ1n) is 16.9. The minimum Gasteiger partial charge on any atom is -1.00 e. The van der Waals surface area contributed by atoms with Gasteiger partial charge < -0.3 is 39.3 Å². The number of aromatic nitrogens is 3. The Kier molecular flexibility index (Phi) is 12.6. The highest BCUT2D eigenvalue weighted by Gasteiger charge is 2.27. The summed E-state index contributed by atoms with van der Waals surface area (Å²) in [4.78, 5) is 4.84. The van der Waals surface area contributed by atoms with E-state index in [2.05, 4.69) is 148 Å². The van der Waals surface area contributed by atoms with Crippen LogP contribution in [0.3, 0.4) is 0 Å². The van der Waals surface area contributed by atoms with Crippen LogP contribution < -0.4 is 48.4 Å². The lowest BCUT2D eigenvalue weighted by molar-refractivity contribution is -0.663. The average Bonchev–Trinajstić information content (AvgIpc) is 3.03. The van der Waals surface area contributed by atoms with Crippen molar-refractivity contribution in [1.29, 1.82) is 0 Å². The molecule has 0 atom stereocenters. The van der Waals surface area contributed by atoms with Crippen molar-refractivity contribution in [3.05, 3.63) is 141 Å². The molecule has 1 N–H and O–H groups in total. The Morgan fingerprint density at radius 3 is 1.46 bits per heavy atom. The molecule has 3 heterocycles. The van der Waals surface area contributed by atoms with Crippen LogP contribution in [0.15, 0.2) is 85.2 Å². The normalized spacial score (nSPS) is 11.0. The number of nitrogens with zero attached hydrogens (tertiary/aromatic N) is 3. The summed E-state index contributed by atoms with van der Waals surface area (Å²) in [6.07, 6.45) is 7.62. The van der Waals surface area contributed by atoms with Crippen LogP contribution in [0.25, 0.3) is 21.8 Å². The van der Waals surface area contributed by atoms with Gasteiger partial charge in [0.05, 0.1) is 0 Å². The Bertz CT molecular complexity index is 1930. The molecule has 3 aromatic carbocycles. The zero-order valence-electron chi connectivity index (χ0n) is 29.4. The molecule has 0 saturated carbocycles. The molecule has 0 aliphatic heterocycles.